The quantitative estimate of drug-likeness (QED) is 0.929. The molecule has 2 heterocycles. The molecule has 3 rings (SSSR count). The van der Waals surface area contributed by atoms with Crippen LogP contribution in [-0.2, 0) is 11.0 Å². The van der Waals surface area contributed by atoms with E-state index in [0.29, 0.717) is 18.0 Å². The first kappa shape index (κ1) is 15.1. The molecular formula is C15H18F3N3O. The van der Waals surface area contributed by atoms with Crippen LogP contribution in [0.1, 0.15) is 31.4 Å². The van der Waals surface area contributed by atoms with Crippen molar-refractivity contribution in [3.05, 3.63) is 24.0 Å². The standard InChI is InChI=1S/C15H18F3N3O/c16-15(17,18)12-2-1-11(8-20-12)21-6-3-10(9-21)14(4-5-14)7-13(19)22/h1-2,8,10H,3-7,9H2,(H2,19,22)/t10-/m1/s1. The van der Waals surface area contributed by atoms with Crippen molar-refractivity contribution in [2.24, 2.45) is 17.1 Å². The Balaban J connectivity index is 1.67. The Morgan fingerprint density at radius 3 is 2.64 bits per heavy atom. The van der Waals surface area contributed by atoms with Gasteiger partial charge in [0.05, 0.1) is 11.9 Å². The Labute approximate surface area is 126 Å². The number of carbonyl (C=O) groups excluding carboxylic acids is 1. The number of amides is 1. The highest BCUT2D eigenvalue weighted by Gasteiger charge is 2.51. The third-order valence-corrected chi connectivity index (χ3v) is 4.88. The van der Waals surface area contributed by atoms with Crippen LogP contribution in [0.3, 0.4) is 0 Å². The second-order valence-electron chi connectivity index (χ2n) is 6.34. The molecule has 0 bridgehead atoms. The van der Waals surface area contributed by atoms with Gasteiger partial charge in [0.2, 0.25) is 5.91 Å². The SMILES string of the molecule is NC(=O)CC1([C@@H]2CCN(c3ccc(C(F)(F)F)nc3)C2)CC1. The highest BCUT2D eigenvalue weighted by molar-refractivity contribution is 5.75. The van der Waals surface area contributed by atoms with Crippen LogP contribution in [-0.4, -0.2) is 24.0 Å². The fourth-order valence-corrected chi connectivity index (χ4v) is 3.47. The van der Waals surface area contributed by atoms with Gasteiger partial charge in [0.15, 0.2) is 0 Å². The lowest BCUT2D eigenvalue weighted by Gasteiger charge is -2.23. The van der Waals surface area contributed by atoms with E-state index in [2.05, 4.69) is 4.98 Å². The molecule has 1 aliphatic carbocycles. The van der Waals surface area contributed by atoms with Crippen molar-refractivity contribution in [3.63, 3.8) is 0 Å². The molecule has 0 aromatic carbocycles. The van der Waals surface area contributed by atoms with Crippen molar-refractivity contribution in [1.82, 2.24) is 4.98 Å². The van der Waals surface area contributed by atoms with Gasteiger partial charge in [-0.2, -0.15) is 13.2 Å². The number of rotatable bonds is 4. The summed E-state index contributed by atoms with van der Waals surface area (Å²) in [5.74, 6) is 0.106. The summed E-state index contributed by atoms with van der Waals surface area (Å²) >= 11 is 0. The average molecular weight is 313 g/mol. The molecule has 1 saturated heterocycles. The molecule has 2 fully saturated rings. The highest BCUT2D eigenvalue weighted by Crippen LogP contribution is 2.57. The maximum absolute atomic E-state index is 12.5. The number of alkyl halides is 3. The van der Waals surface area contributed by atoms with Crippen molar-refractivity contribution in [1.29, 1.82) is 0 Å². The van der Waals surface area contributed by atoms with Crippen molar-refractivity contribution >= 4 is 11.6 Å². The van der Waals surface area contributed by atoms with E-state index in [1.54, 1.807) is 0 Å². The van der Waals surface area contributed by atoms with Crippen molar-refractivity contribution in [2.75, 3.05) is 18.0 Å². The van der Waals surface area contributed by atoms with E-state index in [4.69, 9.17) is 5.73 Å². The molecule has 2 aliphatic rings. The summed E-state index contributed by atoms with van der Waals surface area (Å²) in [6.45, 7) is 1.53. The summed E-state index contributed by atoms with van der Waals surface area (Å²) < 4.78 is 37.6. The monoisotopic (exact) mass is 313 g/mol. The first-order chi connectivity index (χ1) is 10.3. The highest BCUT2D eigenvalue weighted by atomic mass is 19.4. The number of aromatic nitrogens is 1. The molecule has 1 amide bonds. The van der Waals surface area contributed by atoms with Gasteiger partial charge in [-0.15, -0.1) is 0 Å². The maximum Gasteiger partial charge on any atom is 0.433 e. The van der Waals surface area contributed by atoms with Gasteiger partial charge >= 0.3 is 6.18 Å². The van der Waals surface area contributed by atoms with E-state index in [9.17, 15) is 18.0 Å². The Bertz CT molecular complexity index is 566. The first-order valence-corrected chi connectivity index (χ1v) is 7.37. The molecule has 1 aliphatic heterocycles. The third-order valence-electron chi connectivity index (χ3n) is 4.88. The summed E-state index contributed by atoms with van der Waals surface area (Å²) in [6, 6.07) is 2.48. The van der Waals surface area contributed by atoms with E-state index in [1.165, 1.54) is 12.3 Å². The van der Waals surface area contributed by atoms with E-state index in [1.807, 2.05) is 4.90 Å². The molecule has 0 unspecified atom stereocenters. The molecule has 22 heavy (non-hydrogen) atoms. The molecular weight excluding hydrogens is 295 g/mol. The minimum atomic E-state index is -4.41. The van der Waals surface area contributed by atoms with Crippen LogP contribution in [0.5, 0.6) is 0 Å². The van der Waals surface area contributed by atoms with Crippen LogP contribution in [0.2, 0.25) is 0 Å². The number of carbonyl (C=O) groups is 1. The lowest BCUT2D eigenvalue weighted by Crippen LogP contribution is -2.27. The summed E-state index contributed by atoms with van der Waals surface area (Å²) in [6.07, 6.45) is 0.245. The van der Waals surface area contributed by atoms with Crippen molar-refractivity contribution in [3.8, 4) is 0 Å². The molecule has 1 saturated carbocycles. The third kappa shape index (κ3) is 2.89. The molecule has 1 aromatic heterocycles. The predicted octanol–water partition coefficient (Wildman–Crippen LogP) is 2.58. The summed E-state index contributed by atoms with van der Waals surface area (Å²) in [5.41, 5.74) is 5.17. The number of anilines is 1. The van der Waals surface area contributed by atoms with Crippen LogP contribution in [0, 0.1) is 11.3 Å². The minimum absolute atomic E-state index is 0.0277. The molecule has 1 aromatic rings. The second-order valence-corrected chi connectivity index (χ2v) is 6.34. The van der Waals surface area contributed by atoms with E-state index in [0.717, 1.165) is 38.4 Å². The van der Waals surface area contributed by atoms with Gasteiger partial charge in [0, 0.05) is 19.5 Å². The molecule has 120 valence electrons. The Kier molecular flexibility index (Phi) is 3.53. The Hall–Kier alpha value is -1.79. The van der Waals surface area contributed by atoms with Gasteiger partial charge in [-0.1, -0.05) is 0 Å². The normalized spacial score (nSPS) is 23.6. The molecule has 0 spiro atoms. The zero-order valence-corrected chi connectivity index (χ0v) is 12.1. The van der Waals surface area contributed by atoms with Crippen molar-refractivity contribution < 1.29 is 18.0 Å². The number of primary amides is 1. The summed E-state index contributed by atoms with van der Waals surface area (Å²) in [7, 11) is 0. The fraction of sp³-hybridized carbons (Fsp3) is 0.600. The van der Waals surface area contributed by atoms with Gasteiger partial charge in [-0.05, 0) is 42.7 Å². The van der Waals surface area contributed by atoms with Gasteiger partial charge in [0.25, 0.3) is 0 Å². The van der Waals surface area contributed by atoms with Crippen LogP contribution in [0.4, 0.5) is 18.9 Å². The van der Waals surface area contributed by atoms with Gasteiger partial charge < -0.3 is 10.6 Å². The maximum atomic E-state index is 12.5. The lowest BCUT2D eigenvalue weighted by atomic mass is 9.85. The van der Waals surface area contributed by atoms with Crippen LogP contribution < -0.4 is 10.6 Å². The molecule has 7 heteroatoms. The molecule has 4 nitrogen and oxygen atoms in total. The predicted molar refractivity (Wildman–Crippen MR) is 75.0 cm³/mol. The first-order valence-electron chi connectivity index (χ1n) is 7.37. The fourth-order valence-electron chi connectivity index (χ4n) is 3.47. The van der Waals surface area contributed by atoms with Crippen LogP contribution in [0.15, 0.2) is 18.3 Å². The summed E-state index contributed by atoms with van der Waals surface area (Å²) in [5, 5.41) is 0. The second kappa shape index (κ2) is 5.14. The zero-order chi connectivity index (χ0) is 16.0. The Morgan fingerprint density at radius 2 is 2.14 bits per heavy atom. The number of hydrogen-bond donors (Lipinski definition) is 1. The van der Waals surface area contributed by atoms with E-state index < -0.39 is 11.9 Å². The lowest BCUT2D eigenvalue weighted by molar-refractivity contribution is -0.141. The zero-order valence-electron chi connectivity index (χ0n) is 12.1. The topological polar surface area (TPSA) is 59.2 Å². The molecule has 1 atom stereocenters. The number of nitrogens with zero attached hydrogens (tertiary/aromatic N) is 2. The van der Waals surface area contributed by atoms with Crippen molar-refractivity contribution in [2.45, 2.75) is 31.9 Å². The van der Waals surface area contributed by atoms with E-state index in [-0.39, 0.29) is 11.3 Å². The van der Waals surface area contributed by atoms with Crippen LogP contribution in [0.25, 0.3) is 0 Å². The van der Waals surface area contributed by atoms with Gasteiger partial charge in [0.1, 0.15) is 5.69 Å². The molecule has 2 N–H and O–H groups in total. The van der Waals surface area contributed by atoms with Gasteiger partial charge in [-0.3, -0.25) is 4.79 Å². The number of pyridine rings is 1. The molecule has 0 radical (unpaired) electrons. The smallest absolute Gasteiger partial charge is 0.370 e. The summed E-state index contributed by atoms with van der Waals surface area (Å²) in [4.78, 5) is 16.7. The largest absolute Gasteiger partial charge is 0.433 e. The van der Waals surface area contributed by atoms with Gasteiger partial charge in [-0.25, -0.2) is 4.98 Å². The Morgan fingerprint density at radius 1 is 1.41 bits per heavy atom. The number of hydrogen-bond acceptors (Lipinski definition) is 3. The average Bonchev–Trinajstić information content (AvgIpc) is 3.02. The number of halogens is 3. The minimum Gasteiger partial charge on any atom is -0.370 e. The number of nitrogens with two attached hydrogens (primary N) is 1. The van der Waals surface area contributed by atoms with E-state index >= 15 is 0 Å². The van der Waals surface area contributed by atoms with Crippen LogP contribution >= 0.6 is 0 Å².